The lowest BCUT2D eigenvalue weighted by molar-refractivity contribution is -0.383. The first-order valence-corrected chi connectivity index (χ1v) is 6.37. The van der Waals surface area contributed by atoms with Crippen LogP contribution in [-0.2, 0) is 9.59 Å². The Kier molecular flexibility index (Phi) is 6.06. The molecule has 0 heterocycles. The molecule has 1 aromatic rings. The summed E-state index contributed by atoms with van der Waals surface area (Å²) in [6, 6.07) is 4.56. The van der Waals surface area contributed by atoms with Crippen LogP contribution in [0.1, 0.15) is 25.8 Å². The van der Waals surface area contributed by atoms with Crippen molar-refractivity contribution in [3.8, 4) is 0 Å². The topological polar surface area (TPSA) is 101 Å². The van der Waals surface area contributed by atoms with Crippen molar-refractivity contribution in [3.63, 3.8) is 0 Å². The van der Waals surface area contributed by atoms with Gasteiger partial charge < -0.3 is 10.6 Å². The molecule has 0 radical (unpaired) electrons. The molecule has 0 aliphatic carbocycles. The molecule has 0 atom stereocenters. The first kappa shape index (κ1) is 16.4. The average Bonchev–Trinajstić information content (AvgIpc) is 2.38. The van der Waals surface area contributed by atoms with Crippen molar-refractivity contribution in [2.24, 2.45) is 0 Å². The summed E-state index contributed by atoms with van der Waals surface area (Å²) in [5.74, 6) is -0.463. The van der Waals surface area contributed by atoms with Crippen LogP contribution in [0, 0.1) is 10.1 Å². The van der Waals surface area contributed by atoms with Gasteiger partial charge in [0.05, 0.1) is 4.92 Å². The first-order chi connectivity index (χ1) is 9.90. The Balaban J connectivity index is 2.78. The number of benzene rings is 1. The van der Waals surface area contributed by atoms with E-state index < -0.39 is 4.92 Å². The Bertz CT molecular complexity index is 582. The third kappa shape index (κ3) is 5.85. The highest BCUT2D eigenvalue weighted by molar-refractivity contribution is 5.91. The van der Waals surface area contributed by atoms with Crippen LogP contribution in [0.3, 0.4) is 0 Å². The van der Waals surface area contributed by atoms with Gasteiger partial charge in [0.15, 0.2) is 0 Å². The van der Waals surface area contributed by atoms with Gasteiger partial charge in [0, 0.05) is 26.5 Å². The standard InChI is InChI=1S/C14H17N3O4/c1-10(18)15-8-4-3-5-12-6-7-13(16-11(2)19)14(9-12)17(20)21/h3,5-7,9H,4,8H2,1-2H3,(H,15,18)(H,16,19). The lowest BCUT2D eigenvalue weighted by Crippen LogP contribution is -2.20. The maximum Gasteiger partial charge on any atom is 0.293 e. The minimum absolute atomic E-state index is 0.0984. The predicted octanol–water partition coefficient (Wildman–Crippen LogP) is 2.09. The summed E-state index contributed by atoms with van der Waals surface area (Å²) < 4.78 is 0. The maximum absolute atomic E-state index is 11.0. The average molecular weight is 291 g/mol. The van der Waals surface area contributed by atoms with Crippen molar-refractivity contribution in [1.82, 2.24) is 5.32 Å². The van der Waals surface area contributed by atoms with Crippen LogP contribution >= 0.6 is 0 Å². The Morgan fingerprint density at radius 2 is 2.00 bits per heavy atom. The molecule has 1 rings (SSSR count). The zero-order valence-corrected chi connectivity index (χ0v) is 11.9. The number of amides is 2. The summed E-state index contributed by atoms with van der Waals surface area (Å²) in [4.78, 5) is 32.1. The molecule has 7 heteroatoms. The van der Waals surface area contributed by atoms with Crippen molar-refractivity contribution in [1.29, 1.82) is 0 Å². The Labute approximate surface area is 122 Å². The number of nitro benzene ring substituents is 1. The fourth-order valence-electron chi connectivity index (χ4n) is 1.65. The van der Waals surface area contributed by atoms with Crippen LogP contribution in [0.2, 0.25) is 0 Å². The molecular formula is C14H17N3O4. The highest BCUT2D eigenvalue weighted by atomic mass is 16.6. The number of nitrogens with zero attached hydrogens (tertiary/aromatic N) is 1. The molecule has 7 nitrogen and oxygen atoms in total. The van der Waals surface area contributed by atoms with Crippen LogP contribution in [0.5, 0.6) is 0 Å². The number of nitrogens with one attached hydrogen (secondary N) is 2. The second-order valence-corrected chi connectivity index (χ2v) is 4.39. The summed E-state index contributed by atoms with van der Waals surface area (Å²) in [5.41, 5.74) is 0.663. The highest BCUT2D eigenvalue weighted by Crippen LogP contribution is 2.26. The van der Waals surface area contributed by atoms with Crippen LogP contribution in [0.25, 0.3) is 6.08 Å². The van der Waals surface area contributed by atoms with Gasteiger partial charge in [-0.15, -0.1) is 0 Å². The fourth-order valence-corrected chi connectivity index (χ4v) is 1.65. The van der Waals surface area contributed by atoms with E-state index in [1.165, 1.54) is 26.0 Å². The Morgan fingerprint density at radius 1 is 1.29 bits per heavy atom. The molecule has 0 bridgehead atoms. The molecule has 0 aliphatic heterocycles. The number of hydrogen-bond acceptors (Lipinski definition) is 4. The van der Waals surface area contributed by atoms with Gasteiger partial charge in [-0.2, -0.15) is 0 Å². The quantitative estimate of drug-likeness (QED) is 0.476. The summed E-state index contributed by atoms with van der Waals surface area (Å²) in [5, 5.41) is 16.1. The van der Waals surface area contributed by atoms with E-state index in [2.05, 4.69) is 10.6 Å². The SMILES string of the molecule is CC(=O)NCCC=Cc1ccc(NC(C)=O)c([N+](=O)[O-])c1. The van der Waals surface area contributed by atoms with Crippen molar-refractivity contribution >= 4 is 29.3 Å². The van der Waals surface area contributed by atoms with Gasteiger partial charge in [-0.05, 0) is 18.1 Å². The van der Waals surface area contributed by atoms with Crippen molar-refractivity contribution in [2.75, 3.05) is 11.9 Å². The van der Waals surface area contributed by atoms with Gasteiger partial charge in [-0.3, -0.25) is 19.7 Å². The van der Waals surface area contributed by atoms with Gasteiger partial charge in [0.25, 0.3) is 5.69 Å². The highest BCUT2D eigenvalue weighted by Gasteiger charge is 2.14. The first-order valence-electron chi connectivity index (χ1n) is 6.37. The lowest BCUT2D eigenvalue weighted by atomic mass is 10.1. The van der Waals surface area contributed by atoms with Crippen LogP contribution in [0.4, 0.5) is 11.4 Å². The molecule has 112 valence electrons. The van der Waals surface area contributed by atoms with E-state index in [-0.39, 0.29) is 23.2 Å². The van der Waals surface area contributed by atoms with Crippen LogP contribution < -0.4 is 10.6 Å². The number of nitro groups is 1. The molecule has 1 aromatic carbocycles. The molecule has 2 N–H and O–H groups in total. The van der Waals surface area contributed by atoms with Crippen molar-refractivity contribution < 1.29 is 14.5 Å². The molecule has 0 unspecified atom stereocenters. The smallest absolute Gasteiger partial charge is 0.293 e. The molecule has 0 aliphatic rings. The maximum atomic E-state index is 11.0. The van der Waals surface area contributed by atoms with Gasteiger partial charge in [-0.1, -0.05) is 18.2 Å². The second kappa shape index (κ2) is 7.78. The predicted molar refractivity (Wildman–Crippen MR) is 79.7 cm³/mol. The van der Waals surface area contributed by atoms with Crippen LogP contribution in [0.15, 0.2) is 24.3 Å². The van der Waals surface area contributed by atoms with E-state index in [1.807, 2.05) is 6.08 Å². The number of hydrogen-bond donors (Lipinski definition) is 2. The molecule has 0 saturated heterocycles. The molecule has 0 spiro atoms. The number of anilines is 1. The van der Waals surface area contributed by atoms with E-state index in [4.69, 9.17) is 0 Å². The second-order valence-electron chi connectivity index (χ2n) is 4.39. The van der Waals surface area contributed by atoms with E-state index >= 15 is 0 Å². The number of carbonyl (C=O) groups is 2. The minimum atomic E-state index is -0.542. The van der Waals surface area contributed by atoms with Gasteiger partial charge in [0.2, 0.25) is 11.8 Å². The van der Waals surface area contributed by atoms with E-state index in [9.17, 15) is 19.7 Å². The summed E-state index contributed by atoms with van der Waals surface area (Å²) >= 11 is 0. The lowest BCUT2D eigenvalue weighted by Gasteiger charge is -2.04. The Hall–Kier alpha value is -2.70. The van der Waals surface area contributed by atoms with Crippen molar-refractivity contribution in [2.45, 2.75) is 20.3 Å². The summed E-state index contributed by atoms with van der Waals surface area (Å²) in [7, 11) is 0. The van der Waals surface area contributed by atoms with Crippen molar-refractivity contribution in [3.05, 3.63) is 40.0 Å². The summed E-state index contributed by atoms with van der Waals surface area (Å²) in [6.07, 6.45) is 4.17. The van der Waals surface area contributed by atoms with Gasteiger partial charge >= 0.3 is 0 Å². The third-order valence-electron chi connectivity index (χ3n) is 2.52. The molecule has 21 heavy (non-hydrogen) atoms. The number of rotatable bonds is 6. The van der Waals surface area contributed by atoms with E-state index in [0.29, 0.717) is 18.5 Å². The van der Waals surface area contributed by atoms with E-state index in [0.717, 1.165) is 0 Å². The zero-order chi connectivity index (χ0) is 15.8. The number of carbonyl (C=O) groups excluding carboxylic acids is 2. The molecule has 0 fully saturated rings. The minimum Gasteiger partial charge on any atom is -0.356 e. The van der Waals surface area contributed by atoms with E-state index in [1.54, 1.807) is 12.1 Å². The third-order valence-corrected chi connectivity index (χ3v) is 2.52. The monoisotopic (exact) mass is 291 g/mol. The molecule has 0 saturated carbocycles. The summed E-state index contributed by atoms with van der Waals surface area (Å²) in [6.45, 7) is 3.24. The largest absolute Gasteiger partial charge is 0.356 e. The molecule has 0 aromatic heterocycles. The van der Waals surface area contributed by atoms with Crippen LogP contribution in [-0.4, -0.2) is 23.3 Å². The fraction of sp³-hybridized carbons (Fsp3) is 0.286. The normalized spacial score (nSPS) is 10.4. The molecular weight excluding hydrogens is 274 g/mol. The zero-order valence-electron chi connectivity index (χ0n) is 11.9. The Morgan fingerprint density at radius 3 is 2.57 bits per heavy atom. The van der Waals surface area contributed by atoms with Gasteiger partial charge in [-0.25, -0.2) is 0 Å². The van der Waals surface area contributed by atoms with Gasteiger partial charge in [0.1, 0.15) is 5.69 Å². The molecule has 2 amide bonds.